The van der Waals surface area contributed by atoms with E-state index in [1.807, 2.05) is 0 Å². The van der Waals surface area contributed by atoms with Gasteiger partial charge in [-0.05, 0) is 25.0 Å². The van der Waals surface area contributed by atoms with E-state index in [0.29, 0.717) is 17.4 Å². The molecule has 0 fully saturated rings. The highest BCUT2D eigenvalue weighted by atomic mass is 79.9. The van der Waals surface area contributed by atoms with Gasteiger partial charge in [0.1, 0.15) is 5.82 Å². The van der Waals surface area contributed by atoms with E-state index in [1.165, 1.54) is 12.3 Å². The van der Waals surface area contributed by atoms with Crippen LogP contribution >= 0.6 is 15.9 Å². The first-order chi connectivity index (χ1) is 7.08. The number of pyridine rings is 1. The van der Waals surface area contributed by atoms with Crippen molar-refractivity contribution in [2.75, 3.05) is 0 Å². The molecular weight excluding hydrogens is 259 g/mol. The zero-order chi connectivity index (χ0) is 11.3. The van der Waals surface area contributed by atoms with E-state index in [4.69, 9.17) is 0 Å². The molecule has 0 aliphatic heterocycles. The molecule has 1 heterocycles. The third-order valence-corrected chi connectivity index (χ3v) is 2.47. The van der Waals surface area contributed by atoms with Gasteiger partial charge in [0.2, 0.25) is 0 Å². The molecule has 0 saturated heterocycles. The van der Waals surface area contributed by atoms with Crippen LogP contribution in [0.3, 0.4) is 0 Å². The topological polar surface area (TPSA) is 24.9 Å². The highest BCUT2D eigenvalue weighted by Crippen LogP contribution is 2.07. The van der Waals surface area contributed by atoms with E-state index < -0.39 is 0 Å². The summed E-state index contributed by atoms with van der Waals surface area (Å²) in [7, 11) is 0. The maximum absolute atomic E-state index is 12.8. The molecule has 84 valence electrons. The van der Waals surface area contributed by atoms with Gasteiger partial charge in [0.05, 0.1) is 6.20 Å². The summed E-state index contributed by atoms with van der Waals surface area (Å²) in [5.74, 6) is -0.282. The minimum Gasteiger partial charge on any atom is -0.310 e. The third kappa shape index (κ3) is 5.23. The van der Waals surface area contributed by atoms with E-state index in [9.17, 15) is 4.39 Å². The van der Waals surface area contributed by atoms with Crippen LogP contribution in [0.1, 0.15) is 25.8 Å². The zero-order valence-corrected chi connectivity index (χ0v) is 10.6. The molecule has 2 nitrogen and oxygen atoms in total. The van der Waals surface area contributed by atoms with Gasteiger partial charge in [0.15, 0.2) is 0 Å². The van der Waals surface area contributed by atoms with E-state index >= 15 is 0 Å². The molecule has 1 N–H and O–H groups in total. The molecule has 0 aliphatic carbocycles. The number of nitrogens with zero attached hydrogens (tertiary/aromatic N) is 1. The highest BCUT2D eigenvalue weighted by molar-refractivity contribution is 9.09. The lowest BCUT2D eigenvalue weighted by atomic mass is 10.2. The Bertz CT molecular complexity index is 304. The Hall–Kier alpha value is -0.480. The van der Waals surface area contributed by atoms with Crippen molar-refractivity contribution in [2.24, 2.45) is 0 Å². The van der Waals surface area contributed by atoms with Gasteiger partial charge in [-0.15, -0.1) is 0 Å². The Balaban J connectivity index is 2.36. The van der Waals surface area contributed by atoms with Gasteiger partial charge in [-0.3, -0.25) is 4.98 Å². The largest absolute Gasteiger partial charge is 0.310 e. The van der Waals surface area contributed by atoms with Crippen molar-refractivity contribution in [1.29, 1.82) is 0 Å². The van der Waals surface area contributed by atoms with Crippen LogP contribution in [0.2, 0.25) is 0 Å². The van der Waals surface area contributed by atoms with Crippen LogP contribution in [-0.4, -0.2) is 15.9 Å². The summed E-state index contributed by atoms with van der Waals surface area (Å²) in [6.07, 6.45) is 3.94. The van der Waals surface area contributed by atoms with Gasteiger partial charge in [-0.2, -0.15) is 0 Å². The van der Waals surface area contributed by atoms with E-state index in [2.05, 4.69) is 40.1 Å². The Kier molecular flexibility index (Phi) is 5.19. The Labute approximate surface area is 98.4 Å². The molecule has 2 atom stereocenters. The first kappa shape index (κ1) is 12.6. The fraction of sp³-hybridized carbons (Fsp3) is 0.545. The molecule has 0 aromatic carbocycles. The number of halogens is 2. The average molecular weight is 275 g/mol. The predicted molar refractivity (Wildman–Crippen MR) is 63.5 cm³/mol. The van der Waals surface area contributed by atoms with E-state index in [1.54, 1.807) is 6.20 Å². The minimum atomic E-state index is -0.282. The molecule has 0 amide bonds. The smallest absolute Gasteiger partial charge is 0.141 e. The molecule has 0 radical (unpaired) electrons. The summed E-state index contributed by atoms with van der Waals surface area (Å²) in [4.78, 5) is 4.29. The first-order valence-electron chi connectivity index (χ1n) is 5.05. The van der Waals surface area contributed by atoms with Gasteiger partial charge in [0.25, 0.3) is 0 Å². The van der Waals surface area contributed by atoms with Crippen molar-refractivity contribution in [3.05, 3.63) is 29.8 Å². The zero-order valence-electron chi connectivity index (χ0n) is 9.00. The second-order valence-corrected chi connectivity index (χ2v) is 5.37. The van der Waals surface area contributed by atoms with Crippen molar-refractivity contribution in [1.82, 2.24) is 10.3 Å². The molecule has 0 spiro atoms. The summed E-state index contributed by atoms with van der Waals surface area (Å²) in [5.41, 5.74) is 0.879. The number of alkyl halides is 1. The Morgan fingerprint density at radius 3 is 2.80 bits per heavy atom. The third-order valence-electron chi connectivity index (χ3n) is 2.09. The van der Waals surface area contributed by atoms with Gasteiger partial charge >= 0.3 is 0 Å². The van der Waals surface area contributed by atoms with Crippen LogP contribution in [0, 0.1) is 5.82 Å². The lowest BCUT2D eigenvalue weighted by Gasteiger charge is -2.14. The molecule has 0 aliphatic rings. The van der Waals surface area contributed by atoms with Gasteiger partial charge in [0, 0.05) is 23.6 Å². The van der Waals surface area contributed by atoms with Gasteiger partial charge < -0.3 is 5.32 Å². The molecule has 0 bridgehead atoms. The van der Waals surface area contributed by atoms with Crippen molar-refractivity contribution in [3.8, 4) is 0 Å². The monoisotopic (exact) mass is 274 g/mol. The quantitative estimate of drug-likeness (QED) is 0.836. The Morgan fingerprint density at radius 1 is 1.47 bits per heavy atom. The summed E-state index contributed by atoms with van der Waals surface area (Å²) >= 11 is 3.50. The lowest BCUT2D eigenvalue weighted by molar-refractivity contribution is 0.513. The number of aromatic nitrogens is 1. The molecule has 1 rings (SSSR count). The summed E-state index contributed by atoms with van der Waals surface area (Å²) in [6, 6.07) is 1.91. The summed E-state index contributed by atoms with van der Waals surface area (Å²) in [5, 5.41) is 3.32. The highest BCUT2D eigenvalue weighted by Gasteiger charge is 2.05. The maximum Gasteiger partial charge on any atom is 0.141 e. The molecule has 15 heavy (non-hydrogen) atoms. The second kappa shape index (κ2) is 6.18. The predicted octanol–water partition coefficient (Wildman–Crippen LogP) is 2.87. The molecule has 4 heteroatoms. The van der Waals surface area contributed by atoms with Gasteiger partial charge in [-0.1, -0.05) is 22.9 Å². The van der Waals surface area contributed by atoms with Crippen LogP contribution in [0.4, 0.5) is 4.39 Å². The SMILES string of the molecule is CC(Br)CC(C)NCc1cncc(F)c1. The fourth-order valence-electron chi connectivity index (χ4n) is 1.42. The van der Waals surface area contributed by atoms with Crippen LogP contribution in [0.15, 0.2) is 18.5 Å². The van der Waals surface area contributed by atoms with Crippen LogP contribution in [-0.2, 0) is 6.54 Å². The van der Waals surface area contributed by atoms with E-state index in [0.717, 1.165) is 12.0 Å². The summed E-state index contributed by atoms with van der Waals surface area (Å²) in [6.45, 7) is 4.89. The van der Waals surface area contributed by atoms with Crippen LogP contribution in [0.5, 0.6) is 0 Å². The first-order valence-corrected chi connectivity index (χ1v) is 5.96. The molecular formula is C11H16BrFN2. The fourth-order valence-corrected chi connectivity index (χ4v) is 1.98. The van der Waals surface area contributed by atoms with Crippen molar-refractivity contribution in [2.45, 2.75) is 37.7 Å². The summed E-state index contributed by atoms with van der Waals surface area (Å²) < 4.78 is 12.8. The Morgan fingerprint density at radius 2 is 2.20 bits per heavy atom. The van der Waals surface area contributed by atoms with Crippen molar-refractivity contribution < 1.29 is 4.39 Å². The normalized spacial score (nSPS) is 14.9. The number of nitrogens with one attached hydrogen (secondary N) is 1. The van der Waals surface area contributed by atoms with E-state index in [-0.39, 0.29) is 5.82 Å². The number of hydrogen-bond donors (Lipinski definition) is 1. The average Bonchev–Trinajstić information content (AvgIpc) is 2.14. The molecule has 2 unspecified atom stereocenters. The number of hydrogen-bond acceptors (Lipinski definition) is 2. The standard InChI is InChI=1S/C11H16BrFN2/c1-8(12)3-9(2)15-6-10-4-11(13)7-14-5-10/h4-5,7-9,15H,3,6H2,1-2H3. The minimum absolute atomic E-state index is 0.282. The van der Waals surface area contributed by atoms with Gasteiger partial charge in [-0.25, -0.2) is 4.39 Å². The maximum atomic E-state index is 12.8. The molecule has 0 saturated carbocycles. The second-order valence-electron chi connectivity index (χ2n) is 3.81. The molecule has 1 aromatic rings. The van der Waals surface area contributed by atoms with Crippen molar-refractivity contribution in [3.63, 3.8) is 0 Å². The number of rotatable bonds is 5. The van der Waals surface area contributed by atoms with Crippen LogP contribution in [0.25, 0.3) is 0 Å². The van der Waals surface area contributed by atoms with Crippen LogP contribution < -0.4 is 5.32 Å². The lowest BCUT2D eigenvalue weighted by Crippen LogP contribution is -2.27. The van der Waals surface area contributed by atoms with Crippen molar-refractivity contribution >= 4 is 15.9 Å². The molecule has 1 aromatic heterocycles.